The first-order valence-corrected chi connectivity index (χ1v) is 11.1. The number of fused-ring (bicyclic) bond motifs is 1. The number of likely N-dealkylation sites (tertiary alicyclic amines) is 1. The van der Waals surface area contributed by atoms with Gasteiger partial charge in [0.2, 0.25) is 11.8 Å². The van der Waals surface area contributed by atoms with Crippen molar-refractivity contribution in [2.24, 2.45) is 17.6 Å². The fourth-order valence-electron chi connectivity index (χ4n) is 4.67. The van der Waals surface area contributed by atoms with Crippen molar-refractivity contribution in [1.82, 2.24) is 15.5 Å². The van der Waals surface area contributed by atoms with Gasteiger partial charge < -0.3 is 21.1 Å². The van der Waals surface area contributed by atoms with Crippen molar-refractivity contribution in [2.45, 2.75) is 57.7 Å². The Balaban J connectivity index is 0.00000385. The second-order valence-electron chi connectivity index (χ2n) is 9.21. The van der Waals surface area contributed by atoms with Crippen LogP contribution in [0.25, 0.3) is 0 Å². The Morgan fingerprint density at radius 1 is 1.27 bits per heavy atom. The van der Waals surface area contributed by atoms with Crippen molar-refractivity contribution in [3.05, 3.63) is 35.4 Å². The summed E-state index contributed by atoms with van der Waals surface area (Å²) in [6, 6.07) is 6.48. The van der Waals surface area contributed by atoms with Gasteiger partial charge in [-0.1, -0.05) is 38.1 Å². The summed E-state index contributed by atoms with van der Waals surface area (Å²) >= 11 is 0. The number of nitrogens with two attached hydrogens (primary N) is 1. The van der Waals surface area contributed by atoms with Gasteiger partial charge in [-0.05, 0) is 43.1 Å². The van der Waals surface area contributed by atoms with E-state index in [2.05, 4.69) is 10.6 Å². The highest BCUT2D eigenvalue weighted by atomic mass is 35.5. The van der Waals surface area contributed by atoms with E-state index in [1.807, 2.05) is 26.0 Å². The number of nitrogen functional groups attached to an aromatic ring is 1. The minimum absolute atomic E-state index is 0. The molecule has 1 aromatic carbocycles. The highest BCUT2D eigenvalue weighted by Gasteiger charge is 2.66. The van der Waals surface area contributed by atoms with Crippen LogP contribution in [0.5, 0.6) is 0 Å². The first-order chi connectivity index (χ1) is 15.1. The minimum atomic E-state index is -1.02. The largest absolute Gasteiger partial charge is 0.480 e. The van der Waals surface area contributed by atoms with Crippen LogP contribution in [0.3, 0.4) is 0 Å². The van der Waals surface area contributed by atoms with Crippen molar-refractivity contribution in [1.29, 1.82) is 5.41 Å². The number of nitrogens with zero attached hydrogens (tertiary/aromatic N) is 1. The topological polar surface area (TPSA) is 149 Å². The molecule has 1 aliphatic heterocycles. The Morgan fingerprint density at radius 3 is 2.52 bits per heavy atom. The zero-order chi connectivity index (χ0) is 23.5. The van der Waals surface area contributed by atoms with Crippen LogP contribution < -0.4 is 16.4 Å². The monoisotopic (exact) mass is 479 g/mol. The highest BCUT2D eigenvalue weighted by molar-refractivity contribution is 5.97. The molecular weight excluding hydrogens is 446 g/mol. The third-order valence-corrected chi connectivity index (χ3v) is 6.37. The van der Waals surface area contributed by atoms with Gasteiger partial charge in [-0.3, -0.25) is 25.1 Å². The molecule has 0 unspecified atom stereocenters. The number of hydrogen-bond donors (Lipinski definition) is 5. The summed E-state index contributed by atoms with van der Waals surface area (Å²) in [7, 11) is 0. The van der Waals surface area contributed by atoms with Crippen molar-refractivity contribution in [2.75, 3.05) is 13.1 Å². The predicted molar refractivity (Wildman–Crippen MR) is 127 cm³/mol. The maximum absolute atomic E-state index is 13.4. The number of aliphatic carboxylic acids is 1. The Bertz CT molecular complexity index is 891. The Kier molecular flexibility index (Phi) is 8.85. The lowest BCUT2D eigenvalue weighted by atomic mass is 9.97. The van der Waals surface area contributed by atoms with Crippen LogP contribution >= 0.6 is 12.4 Å². The zero-order valence-electron chi connectivity index (χ0n) is 19.1. The highest BCUT2D eigenvalue weighted by Crippen LogP contribution is 2.54. The molecule has 0 radical (unpaired) electrons. The number of carbonyl (C=O) groups is 3. The van der Waals surface area contributed by atoms with Crippen molar-refractivity contribution in [3.8, 4) is 0 Å². The van der Waals surface area contributed by atoms with E-state index in [0.29, 0.717) is 31.5 Å². The van der Waals surface area contributed by atoms with Crippen molar-refractivity contribution in [3.63, 3.8) is 0 Å². The van der Waals surface area contributed by atoms with Gasteiger partial charge in [-0.15, -0.1) is 12.4 Å². The standard InChI is InChI=1S/C23H33N5O4.ClH/c1-14(2)10-18(26-13-19(29)30)21(31)28-9-3-4-17-11-23(17,28)22(32)27-12-15-5-7-16(8-6-15)20(24)25;/h5-8,14,17-18,26H,3-4,9-13H2,1-2H3,(H3,24,25)(H,27,32)(H,29,30);1H/t17-,18-,23+;/m1./s1. The maximum Gasteiger partial charge on any atom is 0.317 e. The summed E-state index contributed by atoms with van der Waals surface area (Å²) < 4.78 is 0. The Morgan fingerprint density at radius 2 is 1.94 bits per heavy atom. The van der Waals surface area contributed by atoms with Crippen LogP contribution in [0.4, 0.5) is 0 Å². The molecule has 2 amide bonds. The van der Waals surface area contributed by atoms with Crippen molar-refractivity contribution >= 4 is 36.0 Å². The zero-order valence-corrected chi connectivity index (χ0v) is 19.9. The molecule has 9 nitrogen and oxygen atoms in total. The second-order valence-corrected chi connectivity index (χ2v) is 9.21. The number of carboxylic acid groups (broad SMARTS) is 1. The number of amides is 2. The van der Waals surface area contributed by atoms with Crippen LogP contribution in [0, 0.1) is 17.2 Å². The van der Waals surface area contributed by atoms with Gasteiger partial charge in [0.1, 0.15) is 11.4 Å². The lowest BCUT2D eigenvalue weighted by molar-refractivity contribution is -0.146. The van der Waals surface area contributed by atoms with Gasteiger partial charge in [0.25, 0.3) is 0 Å². The first-order valence-electron chi connectivity index (χ1n) is 11.1. The van der Waals surface area contributed by atoms with Gasteiger partial charge in [0.05, 0.1) is 12.6 Å². The molecule has 182 valence electrons. The van der Waals surface area contributed by atoms with Crippen LogP contribution in [0.1, 0.15) is 50.7 Å². The van der Waals surface area contributed by atoms with Gasteiger partial charge in [-0.25, -0.2) is 0 Å². The number of benzene rings is 1. The van der Waals surface area contributed by atoms with Crippen molar-refractivity contribution < 1.29 is 19.5 Å². The van der Waals surface area contributed by atoms with E-state index in [4.69, 9.17) is 16.2 Å². The van der Waals surface area contributed by atoms with E-state index in [9.17, 15) is 14.4 Å². The number of piperidine rings is 1. The number of carbonyl (C=O) groups excluding carboxylic acids is 2. The molecule has 3 rings (SSSR count). The van der Waals surface area contributed by atoms with E-state index in [0.717, 1.165) is 18.4 Å². The molecule has 3 atom stereocenters. The summed E-state index contributed by atoms with van der Waals surface area (Å²) in [6.07, 6.45) is 2.89. The molecule has 1 aliphatic carbocycles. The van der Waals surface area contributed by atoms with E-state index in [1.54, 1.807) is 17.0 Å². The van der Waals surface area contributed by atoms with Crippen LogP contribution in [-0.2, 0) is 20.9 Å². The Hall–Kier alpha value is -2.65. The number of halogens is 1. The summed E-state index contributed by atoms with van der Waals surface area (Å²) in [5.41, 5.74) is 6.14. The normalized spacial score (nSPS) is 22.0. The molecule has 6 N–H and O–H groups in total. The number of amidine groups is 1. The van der Waals surface area contributed by atoms with Crippen LogP contribution in [0.15, 0.2) is 24.3 Å². The van der Waals surface area contributed by atoms with E-state index in [-0.39, 0.29) is 48.4 Å². The second kappa shape index (κ2) is 11.0. The molecule has 2 fully saturated rings. The van der Waals surface area contributed by atoms with Gasteiger partial charge in [0.15, 0.2) is 0 Å². The maximum atomic E-state index is 13.4. The number of nitrogens with one attached hydrogen (secondary N) is 3. The summed E-state index contributed by atoms with van der Waals surface area (Å²) in [5, 5.41) is 22.4. The summed E-state index contributed by atoms with van der Waals surface area (Å²) in [6.45, 7) is 4.49. The van der Waals surface area contributed by atoms with Crippen LogP contribution in [0.2, 0.25) is 0 Å². The molecule has 0 bridgehead atoms. The lowest BCUT2D eigenvalue weighted by Gasteiger charge is -2.38. The van der Waals surface area contributed by atoms with Gasteiger partial charge in [-0.2, -0.15) is 0 Å². The van der Waals surface area contributed by atoms with E-state index in [1.165, 1.54) is 0 Å². The fraction of sp³-hybridized carbons (Fsp3) is 0.565. The number of carboxylic acids is 1. The van der Waals surface area contributed by atoms with Crippen LogP contribution in [-0.4, -0.2) is 58.3 Å². The fourth-order valence-corrected chi connectivity index (χ4v) is 4.67. The molecule has 2 aliphatic rings. The number of rotatable bonds is 10. The third kappa shape index (κ3) is 6.03. The molecule has 33 heavy (non-hydrogen) atoms. The average Bonchev–Trinajstić information content (AvgIpc) is 3.50. The lowest BCUT2D eigenvalue weighted by Crippen LogP contribution is -2.59. The summed E-state index contributed by atoms with van der Waals surface area (Å²) in [5.74, 6) is -1.04. The summed E-state index contributed by atoms with van der Waals surface area (Å²) in [4.78, 5) is 39.4. The minimum Gasteiger partial charge on any atom is -0.480 e. The average molecular weight is 480 g/mol. The molecule has 10 heteroatoms. The quantitative estimate of drug-likeness (QED) is 0.253. The molecule has 0 aromatic heterocycles. The van der Waals surface area contributed by atoms with E-state index < -0.39 is 17.6 Å². The van der Waals surface area contributed by atoms with Gasteiger partial charge >= 0.3 is 5.97 Å². The molecule has 1 aromatic rings. The Labute approximate surface area is 200 Å². The number of hydrogen-bond acceptors (Lipinski definition) is 5. The first kappa shape index (κ1) is 26.6. The van der Waals surface area contributed by atoms with Gasteiger partial charge in [0, 0.05) is 18.7 Å². The molecule has 1 saturated heterocycles. The SMILES string of the molecule is CC(C)C[C@@H](NCC(=O)O)C(=O)N1CCC[C@@H]2C[C@@]21C(=O)NCc1ccc(C(=N)N)cc1.Cl. The molecule has 1 saturated carbocycles. The molecular formula is C23H34ClN5O4. The third-order valence-electron chi connectivity index (χ3n) is 6.37. The predicted octanol–water partition coefficient (Wildman–Crippen LogP) is 1.48. The molecule has 1 heterocycles. The van der Waals surface area contributed by atoms with E-state index >= 15 is 0 Å². The smallest absolute Gasteiger partial charge is 0.317 e. The molecule has 0 spiro atoms.